The molecule has 1 aliphatic carbocycles. The number of carbonyl (C=O) groups excluding carboxylic acids is 2. The van der Waals surface area contributed by atoms with E-state index < -0.39 is 28.0 Å². The maximum Gasteiger partial charge on any atom is 0.258 e. The Bertz CT molecular complexity index is 1450. The van der Waals surface area contributed by atoms with Gasteiger partial charge in [0.2, 0.25) is 15.9 Å². The first kappa shape index (κ1) is 36.8. The molecular weight excluding hydrogens is 625 g/mol. The van der Waals surface area contributed by atoms with Gasteiger partial charge in [0, 0.05) is 44.3 Å². The van der Waals surface area contributed by atoms with Crippen molar-refractivity contribution in [2.24, 2.45) is 11.8 Å². The zero-order chi connectivity index (χ0) is 34.1. The van der Waals surface area contributed by atoms with Crippen LogP contribution in [0.4, 0.5) is 10.1 Å². The Kier molecular flexibility index (Phi) is 13.2. The molecule has 47 heavy (non-hydrogen) atoms. The fourth-order valence-electron chi connectivity index (χ4n) is 6.21. The Hall–Kier alpha value is -3.06. The summed E-state index contributed by atoms with van der Waals surface area (Å²) < 4.78 is 53.9. The predicted molar refractivity (Wildman–Crippen MR) is 178 cm³/mol. The van der Waals surface area contributed by atoms with Crippen LogP contribution >= 0.6 is 0 Å². The molecule has 4 rings (SSSR count). The van der Waals surface area contributed by atoms with Crippen LogP contribution in [0.1, 0.15) is 82.5 Å². The van der Waals surface area contributed by atoms with E-state index in [0.29, 0.717) is 24.5 Å². The van der Waals surface area contributed by atoms with Crippen LogP contribution in [0, 0.1) is 17.7 Å². The van der Waals surface area contributed by atoms with Gasteiger partial charge < -0.3 is 24.8 Å². The van der Waals surface area contributed by atoms with Gasteiger partial charge in [0.25, 0.3) is 5.91 Å². The highest BCUT2D eigenvalue weighted by atomic mass is 32.2. The number of amides is 2. The number of hydrogen-bond acceptors (Lipinski definition) is 7. The predicted octanol–water partition coefficient (Wildman–Crippen LogP) is 5.46. The number of ether oxygens (including phenoxy) is 2. The number of rotatable bonds is 8. The lowest BCUT2D eigenvalue weighted by Crippen LogP contribution is -2.48. The van der Waals surface area contributed by atoms with Crippen LogP contribution in [0.25, 0.3) is 0 Å². The Labute approximate surface area is 278 Å². The molecule has 0 saturated heterocycles. The molecular formula is C35H50FN3O7S. The van der Waals surface area contributed by atoms with Crippen LogP contribution in [0.3, 0.4) is 0 Å². The molecule has 1 saturated carbocycles. The SMILES string of the molecule is C[C@H](CO)N1C[C@H](C)[C@H](CN(C)S(=O)(=O)c2ccc(F)cc2)OCCCC[C@H](C)Oc2ccc(NC(=O)C3CCCCC3)cc2C1=O. The number of halogens is 1. The maximum absolute atomic E-state index is 14.3. The summed E-state index contributed by atoms with van der Waals surface area (Å²) in [4.78, 5) is 28.9. The monoisotopic (exact) mass is 675 g/mol. The summed E-state index contributed by atoms with van der Waals surface area (Å²) in [6.45, 7) is 5.82. The van der Waals surface area contributed by atoms with Crippen molar-refractivity contribution >= 4 is 27.5 Å². The van der Waals surface area contributed by atoms with Crippen LogP contribution in [0.2, 0.25) is 0 Å². The van der Waals surface area contributed by atoms with Gasteiger partial charge in [-0.25, -0.2) is 12.8 Å². The van der Waals surface area contributed by atoms with Gasteiger partial charge in [-0.05, 0) is 88.4 Å². The molecule has 10 nitrogen and oxygen atoms in total. The van der Waals surface area contributed by atoms with Gasteiger partial charge in [-0.2, -0.15) is 4.31 Å². The molecule has 2 N–H and O–H groups in total. The highest BCUT2D eigenvalue weighted by molar-refractivity contribution is 7.89. The van der Waals surface area contributed by atoms with Gasteiger partial charge in [0.05, 0.1) is 35.3 Å². The third-order valence-electron chi connectivity index (χ3n) is 9.25. The normalized spacial score (nSPS) is 23.0. The van der Waals surface area contributed by atoms with Crippen LogP contribution < -0.4 is 10.1 Å². The average molecular weight is 676 g/mol. The number of carbonyl (C=O) groups is 2. The summed E-state index contributed by atoms with van der Waals surface area (Å²) in [5.41, 5.74) is 0.778. The summed E-state index contributed by atoms with van der Waals surface area (Å²) in [6, 6.07) is 9.22. The van der Waals surface area contributed by atoms with Crippen molar-refractivity contribution in [2.45, 2.75) is 95.3 Å². The van der Waals surface area contributed by atoms with Crippen molar-refractivity contribution in [3.63, 3.8) is 0 Å². The largest absolute Gasteiger partial charge is 0.490 e. The average Bonchev–Trinajstić information content (AvgIpc) is 3.06. The quantitative estimate of drug-likeness (QED) is 0.381. The van der Waals surface area contributed by atoms with Gasteiger partial charge in [-0.1, -0.05) is 26.2 Å². The topological polar surface area (TPSA) is 125 Å². The molecule has 1 fully saturated rings. The third kappa shape index (κ3) is 9.74. The molecule has 0 bridgehead atoms. The molecule has 0 unspecified atom stereocenters. The first-order chi connectivity index (χ1) is 22.4. The van der Waals surface area contributed by atoms with Crippen LogP contribution in [-0.2, 0) is 19.6 Å². The lowest BCUT2D eigenvalue weighted by Gasteiger charge is -2.35. The van der Waals surface area contributed by atoms with E-state index in [4.69, 9.17) is 9.47 Å². The fraction of sp³-hybridized carbons (Fsp3) is 0.600. The van der Waals surface area contributed by atoms with E-state index in [1.54, 1.807) is 30.0 Å². The second-order valence-electron chi connectivity index (χ2n) is 13.1. The molecule has 0 aromatic heterocycles. The van der Waals surface area contributed by atoms with E-state index in [9.17, 15) is 27.5 Å². The van der Waals surface area contributed by atoms with Crippen LogP contribution in [0.15, 0.2) is 47.4 Å². The highest BCUT2D eigenvalue weighted by Crippen LogP contribution is 2.30. The van der Waals surface area contributed by atoms with Crippen molar-refractivity contribution in [3.05, 3.63) is 53.8 Å². The van der Waals surface area contributed by atoms with E-state index in [0.717, 1.165) is 57.1 Å². The number of likely N-dealkylation sites (N-methyl/N-ethyl adjacent to an activating group) is 1. The number of anilines is 1. The van der Waals surface area contributed by atoms with Crippen LogP contribution in [-0.4, -0.2) is 86.1 Å². The minimum atomic E-state index is -3.94. The Morgan fingerprint density at radius 2 is 1.74 bits per heavy atom. The lowest BCUT2D eigenvalue weighted by atomic mass is 9.88. The molecule has 2 aromatic rings. The van der Waals surface area contributed by atoms with Gasteiger partial charge in [0.15, 0.2) is 0 Å². The van der Waals surface area contributed by atoms with Crippen molar-refractivity contribution < 1.29 is 37.0 Å². The summed E-state index contributed by atoms with van der Waals surface area (Å²) >= 11 is 0. The first-order valence-electron chi connectivity index (χ1n) is 16.8. The second-order valence-corrected chi connectivity index (χ2v) is 15.1. The van der Waals surface area contributed by atoms with Crippen molar-refractivity contribution in [2.75, 3.05) is 38.7 Å². The van der Waals surface area contributed by atoms with E-state index in [-0.39, 0.29) is 59.9 Å². The van der Waals surface area contributed by atoms with Crippen molar-refractivity contribution in [1.29, 1.82) is 0 Å². The molecule has 1 aliphatic heterocycles. The van der Waals surface area contributed by atoms with Gasteiger partial charge in [-0.15, -0.1) is 0 Å². The van der Waals surface area contributed by atoms with E-state index in [1.165, 1.54) is 23.5 Å². The summed E-state index contributed by atoms with van der Waals surface area (Å²) in [7, 11) is -2.48. The molecule has 2 aromatic carbocycles. The summed E-state index contributed by atoms with van der Waals surface area (Å²) in [5, 5.41) is 13.2. The van der Waals surface area contributed by atoms with Crippen LogP contribution in [0.5, 0.6) is 5.75 Å². The number of sulfonamides is 1. The standard InChI is InChI=1S/C35H50FN3O7S/c1-24-21-39(25(2)23-40)35(42)31-20-29(37-34(41)27-11-6-5-7-12-27)15-18-32(31)46-26(3)10-8-9-19-45-33(24)22-38(4)47(43,44)30-16-13-28(36)14-17-30/h13-18,20,24-27,33,40H,5-12,19,21-23H2,1-4H3,(H,37,41)/t24-,25+,26-,33-/m0/s1. The molecule has 4 atom stereocenters. The number of nitrogens with zero attached hydrogens (tertiary/aromatic N) is 2. The maximum atomic E-state index is 14.3. The zero-order valence-corrected chi connectivity index (χ0v) is 28.8. The molecule has 2 aliphatic rings. The Balaban J connectivity index is 1.62. The number of aliphatic hydroxyl groups is 1. The minimum absolute atomic E-state index is 0.00383. The van der Waals surface area contributed by atoms with Gasteiger partial charge in [-0.3, -0.25) is 9.59 Å². The third-order valence-corrected chi connectivity index (χ3v) is 11.1. The van der Waals surface area contributed by atoms with Gasteiger partial charge >= 0.3 is 0 Å². The van der Waals surface area contributed by atoms with E-state index in [1.807, 2.05) is 13.8 Å². The van der Waals surface area contributed by atoms with E-state index >= 15 is 0 Å². The van der Waals surface area contributed by atoms with Crippen molar-refractivity contribution in [3.8, 4) is 5.75 Å². The molecule has 2 amide bonds. The van der Waals surface area contributed by atoms with Crippen molar-refractivity contribution in [1.82, 2.24) is 9.21 Å². The number of nitrogens with one attached hydrogen (secondary N) is 1. The second kappa shape index (κ2) is 16.9. The minimum Gasteiger partial charge on any atom is -0.490 e. The first-order valence-corrected chi connectivity index (χ1v) is 18.2. The zero-order valence-electron chi connectivity index (χ0n) is 28.0. The Morgan fingerprint density at radius 1 is 1.06 bits per heavy atom. The molecule has 260 valence electrons. The molecule has 1 heterocycles. The van der Waals surface area contributed by atoms with Gasteiger partial charge in [0.1, 0.15) is 11.6 Å². The number of fused-ring (bicyclic) bond motifs is 1. The summed E-state index contributed by atoms with van der Waals surface area (Å²) in [6.07, 6.45) is 6.29. The molecule has 12 heteroatoms. The Morgan fingerprint density at radius 3 is 2.43 bits per heavy atom. The lowest BCUT2D eigenvalue weighted by molar-refractivity contribution is -0.120. The van der Waals surface area contributed by atoms with E-state index in [2.05, 4.69) is 5.32 Å². The highest BCUT2D eigenvalue weighted by Gasteiger charge is 2.33. The molecule has 0 radical (unpaired) electrons. The number of hydrogen-bond donors (Lipinski definition) is 2. The number of benzene rings is 2. The summed E-state index contributed by atoms with van der Waals surface area (Å²) in [5.74, 6) is -0.968. The fourth-order valence-corrected chi connectivity index (χ4v) is 7.39. The number of aliphatic hydroxyl groups excluding tert-OH is 1. The smallest absolute Gasteiger partial charge is 0.258 e. The molecule has 0 spiro atoms.